The fourth-order valence-corrected chi connectivity index (χ4v) is 2.76. The lowest BCUT2D eigenvalue weighted by Crippen LogP contribution is -2.33. The average molecular weight is 338 g/mol. The summed E-state index contributed by atoms with van der Waals surface area (Å²) in [6.07, 6.45) is 0.753. The number of ether oxygens (including phenoxy) is 1. The van der Waals surface area contributed by atoms with E-state index in [2.05, 4.69) is 10.3 Å². The van der Waals surface area contributed by atoms with Gasteiger partial charge in [-0.3, -0.25) is 0 Å². The van der Waals surface area contributed by atoms with E-state index in [0.29, 0.717) is 23.0 Å². The molecular weight excluding hydrogens is 320 g/mol. The second kappa shape index (κ2) is 6.86. The Hall–Kier alpha value is -2.29. The fourth-order valence-electron chi connectivity index (χ4n) is 1.86. The summed E-state index contributed by atoms with van der Waals surface area (Å²) < 4.78 is 6.62. The second-order valence-electron chi connectivity index (χ2n) is 5.71. The van der Waals surface area contributed by atoms with Gasteiger partial charge in [-0.25, -0.2) is 9.78 Å². The Morgan fingerprint density at radius 1 is 1.48 bits per heavy atom. The lowest BCUT2D eigenvalue weighted by molar-refractivity contribution is -0.390. The van der Waals surface area contributed by atoms with Gasteiger partial charge >= 0.3 is 11.9 Å². The van der Waals surface area contributed by atoms with E-state index in [0.717, 1.165) is 0 Å². The number of carbonyl (C=O) groups is 1. The molecule has 0 aliphatic heterocycles. The first-order valence-electron chi connectivity index (χ1n) is 6.98. The van der Waals surface area contributed by atoms with Crippen LogP contribution >= 0.6 is 11.8 Å². The Bertz CT molecular complexity index is 723. The minimum Gasteiger partial charge on any atom is -0.444 e. The lowest BCUT2D eigenvalue weighted by Gasteiger charge is -2.19. The monoisotopic (exact) mass is 338 g/mol. The minimum atomic E-state index is -0.541. The van der Waals surface area contributed by atoms with Gasteiger partial charge in [0.15, 0.2) is 5.03 Å². The van der Waals surface area contributed by atoms with Gasteiger partial charge in [0, 0.05) is 18.4 Å². The lowest BCUT2D eigenvalue weighted by atomic mass is 10.2. The van der Waals surface area contributed by atoms with Gasteiger partial charge in [-0.05, 0) is 31.8 Å². The molecule has 0 aromatic carbocycles. The van der Waals surface area contributed by atoms with Crippen molar-refractivity contribution < 1.29 is 14.5 Å². The van der Waals surface area contributed by atoms with Crippen LogP contribution in [0.25, 0.3) is 5.65 Å². The van der Waals surface area contributed by atoms with Gasteiger partial charge in [-0.2, -0.15) is 4.40 Å². The number of amides is 1. The van der Waals surface area contributed by atoms with E-state index in [1.165, 1.54) is 22.4 Å². The Morgan fingerprint density at radius 3 is 2.87 bits per heavy atom. The third-order valence-corrected chi connectivity index (χ3v) is 3.70. The summed E-state index contributed by atoms with van der Waals surface area (Å²) in [5.41, 5.74) is -0.0259. The number of rotatable bonds is 5. The predicted octanol–water partition coefficient (Wildman–Crippen LogP) is 2.86. The first-order valence-corrected chi connectivity index (χ1v) is 7.97. The highest BCUT2D eigenvalue weighted by Crippen LogP contribution is 2.24. The van der Waals surface area contributed by atoms with Crippen molar-refractivity contribution in [2.45, 2.75) is 31.4 Å². The topological polar surface area (TPSA) is 98.8 Å². The van der Waals surface area contributed by atoms with Gasteiger partial charge in [-0.15, -0.1) is 0 Å². The molecule has 0 aliphatic carbocycles. The number of fused-ring (bicyclic) bond motifs is 1. The van der Waals surface area contributed by atoms with Crippen molar-refractivity contribution in [1.82, 2.24) is 14.7 Å². The number of pyridine rings is 1. The van der Waals surface area contributed by atoms with Gasteiger partial charge < -0.3 is 20.2 Å². The van der Waals surface area contributed by atoms with Crippen molar-refractivity contribution in [2.75, 3.05) is 12.3 Å². The summed E-state index contributed by atoms with van der Waals surface area (Å²) in [7, 11) is 0. The zero-order valence-corrected chi connectivity index (χ0v) is 13.9. The molecule has 0 bridgehead atoms. The first kappa shape index (κ1) is 17.1. The number of hydrogen-bond acceptors (Lipinski definition) is 6. The SMILES string of the molecule is CC(C)(C)OC(=O)NCCSc1cccc2ncc([N+](=O)[O-])n12. The molecule has 0 radical (unpaired) electrons. The van der Waals surface area contributed by atoms with Crippen molar-refractivity contribution in [3.8, 4) is 0 Å². The molecule has 0 spiro atoms. The zero-order valence-electron chi connectivity index (χ0n) is 13.1. The van der Waals surface area contributed by atoms with Crippen LogP contribution in [0.15, 0.2) is 29.4 Å². The van der Waals surface area contributed by atoms with Crippen LogP contribution in [-0.2, 0) is 4.74 Å². The Labute approximate surface area is 137 Å². The number of nitro groups is 1. The largest absolute Gasteiger partial charge is 0.444 e. The van der Waals surface area contributed by atoms with Gasteiger partial charge in [0.05, 0.1) is 0 Å². The summed E-state index contributed by atoms with van der Waals surface area (Å²) in [5, 5.41) is 14.4. The molecule has 0 unspecified atom stereocenters. The smallest absolute Gasteiger partial charge is 0.407 e. The summed E-state index contributed by atoms with van der Waals surface area (Å²) in [6.45, 7) is 5.76. The second-order valence-corrected chi connectivity index (χ2v) is 6.82. The summed E-state index contributed by atoms with van der Waals surface area (Å²) >= 11 is 1.39. The van der Waals surface area contributed by atoms with Gasteiger partial charge in [-0.1, -0.05) is 17.8 Å². The molecule has 1 amide bonds. The summed E-state index contributed by atoms with van der Waals surface area (Å²) in [4.78, 5) is 26.1. The fraction of sp³-hybridized carbons (Fsp3) is 0.429. The Kier molecular flexibility index (Phi) is 5.09. The minimum absolute atomic E-state index is 0.0804. The number of alkyl carbamates (subject to hydrolysis) is 1. The molecule has 0 aliphatic rings. The maximum Gasteiger partial charge on any atom is 0.407 e. The molecule has 2 aromatic heterocycles. The maximum atomic E-state index is 11.5. The van der Waals surface area contributed by atoms with Crippen LogP contribution in [0.2, 0.25) is 0 Å². The number of thioether (sulfide) groups is 1. The van der Waals surface area contributed by atoms with E-state index in [1.54, 1.807) is 39.0 Å². The summed E-state index contributed by atoms with van der Waals surface area (Å²) in [6, 6.07) is 5.27. The third-order valence-electron chi connectivity index (χ3n) is 2.68. The molecule has 0 atom stereocenters. The van der Waals surface area contributed by atoms with E-state index < -0.39 is 16.6 Å². The predicted molar refractivity (Wildman–Crippen MR) is 86.8 cm³/mol. The van der Waals surface area contributed by atoms with Crippen LogP contribution in [0.5, 0.6) is 0 Å². The first-order chi connectivity index (χ1) is 10.8. The molecule has 0 saturated heterocycles. The van der Waals surface area contributed by atoms with Crippen LogP contribution in [0.1, 0.15) is 20.8 Å². The van der Waals surface area contributed by atoms with Crippen LogP contribution in [0.4, 0.5) is 10.6 Å². The number of carbonyl (C=O) groups excluding carboxylic acids is 1. The highest BCUT2D eigenvalue weighted by molar-refractivity contribution is 7.99. The van der Waals surface area contributed by atoms with Gasteiger partial charge in [0.1, 0.15) is 11.8 Å². The Balaban J connectivity index is 1.96. The zero-order chi connectivity index (χ0) is 17.0. The number of nitrogens with zero attached hydrogens (tertiary/aromatic N) is 3. The molecule has 0 fully saturated rings. The van der Waals surface area contributed by atoms with E-state index in [9.17, 15) is 14.9 Å². The molecule has 2 aromatic rings. The summed E-state index contributed by atoms with van der Waals surface area (Å²) in [5.74, 6) is 0.469. The number of imidazole rings is 1. The highest BCUT2D eigenvalue weighted by Gasteiger charge is 2.18. The molecule has 1 N–H and O–H groups in total. The van der Waals surface area contributed by atoms with Crippen LogP contribution in [-0.4, -0.2) is 38.3 Å². The standard InChI is InChI=1S/C14H18N4O4S/c1-14(2,3)22-13(19)15-7-8-23-12-6-4-5-10-16-9-11(17(10)12)18(20)21/h4-6,9H,7-8H2,1-3H3,(H,15,19). The molecule has 9 heteroatoms. The van der Waals surface area contributed by atoms with Crippen molar-refractivity contribution in [2.24, 2.45) is 0 Å². The maximum absolute atomic E-state index is 11.5. The van der Waals surface area contributed by atoms with Crippen LogP contribution < -0.4 is 5.32 Å². The molecule has 8 nitrogen and oxygen atoms in total. The number of hydrogen-bond donors (Lipinski definition) is 1. The normalized spacial score (nSPS) is 11.4. The third kappa shape index (κ3) is 4.59. The molecule has 23 heavy (non-hydrogen) atoms. The number of nitrogens with one attached hydrogen (secondary N) is 1. The molecular formula is C14H18N4O4S. The van der Waals surface area contributed by atoms with Crippen molar-refractivity contribution in [1.29, 1.82) is 0 Å². The molecule has 2 heterocycles. The molecule has 0 saturated carbocycles. The van der Waals surface area contributed by atoms with E-state index in [4.69, 9.17) is 4.74 Å². The highest BCUT2D eigenvalue weighted by atomic mass is 32.2. The van der Waals surface area contributed by atoms with E-state index >= 15 is 0 Å². The molecule has 124 valence electrons. The van der Waals surface area contributed by atoms with Crippen molar-refractivity contribution in [3.63, 3.8) is 0 Å². The quantitative estimate of drug-likeness (QED) is 0.389. The number of aromatic nitrogens is 2. The van der Waals surface area contributed by atoms with Crippen LogP contribution in [0, 0.1) is 10.1 Å². The van der Waals surface area contributed by atoms with E-state index in [-0.39, 0.29) is 5.82 Å². The van der Waals surface area contributed by atoms with Crippen molar-refractivity contribution in [3.05, 3.63) is 34.5 Å². The Morgan fingerprint density at radius 2 is 2.22 bits per heavy atom. The average Bonchev–Trinajstić information content (AvgIpc) is 2.86. The van der Waals surface area contributed by atoms with E-state index in [1.807, 2.05) is 0 Å². The van der Waals surface area contributed by atoms with Gasteiger partial charge in [0.2, 0.25) is 5.65 Å². The molecule has 2 rings (SSSR count). The van der Waals surface area contributed by atoms with Crippen LogP contribution in [0.3, 0.4) is 0 Å². The van der Waals surface area contributed by atoms with Crippen molar-refractivity contribution >= 4 is 29.3 Å². The van der Waals surface area contributed by atoms with Gasteiger partial charge in [0.25, 0.3) is 0 Å².